The lowest BCUT2D eigenvalue weighted by Gasteiger charge is -2.40. The second-order valence-electron chi connectivity index (χ2n) is 14.4. The lowest BCUT2D eigenvalue weighted by molar-refractivity contribution is -0.303. The zero-order valence-corrected chi connectivity index (χ0v) is 31.4. The molecule has 1 rings (SSSR count). The fraction of sp³-hybridized carbons (Fsp3) is 0.923. The average molecular weight is 718 g/mol. The summed E-state index contributed by atoms with van der Waals surface area (Å²) in [5.41, 5.74) is 0. The first-order valence-corrected chi connectivity index (χ1v) is 20.1. The first-order chi connectivity index (χ1) is 24.2. The molecule has 9 atom stereocenters. The van der Waals surface area contributed by atoms with Crippen molar-refractivity contribution in [2.24, 2.45) is 0 Å². The van der Waals surface area contributed by atoms with Crippen LogP contribution in [0.4, 0.5) is 0 Å². The molecule has 0 radical (unpaired) electrons. The molecule has 1 heterocycles. The van der Waals surface area contributed by atoms with E-state index in [2.05, 4.69) is 25.2 Å². The van der Waals surface area contributed by atoms with Crippen molar-refractivity contribution in [3.05, 3.63) is 12.2 Å². The van der Waals surface area contributed by atoms with Crippen LogP contribution in [0.15, 0.2) is 12.2 Å². The van der Waals surface area contributed by atoms with Crippen LogP contribution in [0, 0.1) is 0 Å². The van der Waals surface area contributed by atoms with Crippen LogP contribution in [0.5, 0.6) is 0 Å². The third-order valence-corrected chi connectivity index (χ3v) is 9.80. The highest BCUT2D eigenvalue weighted by atomic mass is 16.7. The third kappa shape index (κ3) is 20.8. The van der Waals surface area contributed by atoms with Gasteiger partial charge >= 0.3 is 0 Å². The number of carbonyl (C=O) groups excluding carboxylic acids is 1. The van der Waals surface area contributed by atoms with Crippen LogP contribution >= 0.6 is 0 Å². The number of hydrogen-bond donors (Lipinski definition) is 8. The maximum atomic E-state index is 12.9. The highest BCUT2D eigenvalue weighted by molar-refractivity contribution is 5.80. The van der Waals surface area contributed by atoms with Crippen LogP contribution in [0.1, 0.15) is 162 Å². The fourth-order valence-electron chi connectivity index (χ4n) is 6.39. The van der Waals surface area contributed by atoms with E-state index < -0.39 is 74.2 Å². The van der Waals surface area contributed by atoms with E-state index in [1.807, 2.05) is 6.08 Å². The summed E-state index contributed by atoms with van der Waals surface area (Å²) in [6.07, 6.45) is 17.5. The summed E-state index contributed by atoms with van der Waals surface area (Å²) >= 11 is 0. The topological polar surface area (TPSA) is 189 Å². The summed E-state index contributed by atoms with van der Waals surface area (Å²) < 4.78 is 11.0. The average Bonchev–Trinajstić information content (AvgIpc) is 3.11. The van der Waals surface area contributed by atoms with Gasteiger partial charge in [0.1, 0.15) is 36.6 Å². The number of allylic oxidation sites excluding steroid dienone is 2. The third-order valence-electron chi connectivity index (χ3n) is 9.80. The van der Waals surface area contributed by atoms with Gasteiger partial charge in [0.05, 0.1) is 25.4 Å². The lowest BCUT2D eigenvalue weighted by atomic mass is 9.98. The van der Waals surface area contributed by atoms with Crippen LogP contribution in [0.3, 0.4) is 0 Å². The van der Waals surface area contributed by atoms with Gasteiger partial charge < -0.3 is 50.5 Å². The number of ether oxygens (including phenoxy) is 2. The Morgan fingerprint density at radius 3 is 1.72 bits per heavy atom. The lowest BCUT2D eigenvalue weighted by Crippen LogP contribution is -2.60. The number of aliphatic hydroxyl groups is 7. The van der Waals surface area contributed by atoms with Crippen molar-refractivity contribution in [2.45, 2.75) is 217 Å². The molecule has 11 heteroatoms. The number of unbranched alkanes of at least 4 members (excludes halogenated alkanes) is 18. The molecular weight excluding hydrogens is 642 g/mol. The summed E-state index contributed by atoms with van der Waals surface area (Å²) in [7, 11) is 0. The van der Waals surface area contributed by atoms with Crippen LogP contribution in [0.2, 0.25) is 0 Å². The number of nitrogens with one attached hydrogen (secondary N) is 1. The number of carbonyl (C=O) groups is 1. The quantitative estimate of drug-likeness (QED) is 0.0350. The van der Waals surface area contributed by atoms with Gasteiger partial charge in [-0.05, 0) is 32.1 Å². The molecule has 0 bridgehead atoms. The second-order valence-corrected chi connectivity index (χ2v) is 14.4. The molecule has 0 aromatic heterocycles. The van der Waals surface area contributed by atoms with Gasteiger partial charge in [0.2, 0.25) is 5.91 Å². The van der Waals surface area contributed by atoms with Crippen molar-refractivity contribution in [1.82, 2.24) is 5.32 Å². The summed E-state index contributed by atoms with van der Waals surface area (Å²) in [5, 5.41) is 74.8. The molecule has 1 aliphatic heterocycles. The van der Waals surface area contributed by atoms with Crippen molar-refractivity contribution >= 4 is 5.91 Å². The van der Waals surface area contributed by atoms with Gasteiger partial charge in [-0.3, -0.25) is 4.79 Å². The van der Waals surface area contributed by atoms with Gasteiger partial charge in [0.25, 0.3) is 0 Å². The van der Waals surface area contributed by atoms with Crippen LogP contribution < -0.4 is 5.32 Å². The highest BCUT2D eigenvalue weighted by Crippen LogP contribution is 2.23. The number of rotatable bonds is 32. The minimum Gasteiger partial charge on any atom is -0.394 e. The van der Waals surface area contributed by atoms with Gasteiger partial charge in [-0.15, -0.1) is 0 Å². The maximum absolute atomic E-state index is 12.9. The molecule has 0 aromatic carbocycles. The summed E-state index contributed by atoms with van der Waals surface area (Å²) in [5.74, 6) is -0.711. The molecule has 50 heavy (non-hydrogen) atoms. The van der Waals surface area contributed by atoms with E-state index in [4.69, 9.17) is 9.47 Å². The predicted molar refractivity (Wildman–Crippen MR) is 196 cm³/mol. The Hall–Kier alpha value is -1.15. The Morgan fingerprint density at radius 1 is 0.680 bits per heavy atom. The van der Waals surface area contributed by atoms with E-state index in [0.717, 1.165) is 38.5 Å². The number of hydrogen-bond acceptors (Lipinski definition) is 10. The van der Waals surface area contributed by atoms with E-state index in [1.54, 1.807) is 0 Å². The molecule has 0 aliphatic carbocycles. The van der Waals surface area contributed by atoms with Gasteiger partial charge in [0, 0.05) is 0 Å². The molecule has 0 spiro atoms. The first kappa shape index (κ1) is 46.9. The summed E-state index contributed by atoms with van der Waals surface area (Å²) in [6, 6.07) is -1.18. The zero-order chi connectivity index (χ0) is 37.0. The summed E-state index contributed by atoms with van der Waals surface area (Å²) in [4.78, 5) is 12.9. The molecule has 296 valence electrons. The molecule has 0 saturated carbocycles. The van der Waals surface area contributed by atoms with E-state index in [0.29, 0.717) is 12.8 Å². The van der Waals surface area contributed by atoms with Crippen molar-refractivity contribution in [3.8, 4) is 0 Å². The van der Waals surface area contributed by atoms with E-state index >= 15 is 0 Å². The van der Waals surface area contributed by atoms with E-state index in [1.165, 1.54) is 83.5 Å². The summed E-state index contributed by atoms with van der Waals surface area (Å²) in [6.45, 7) is 3.27. The molecular formula is C39H75NO10. The number of amides is 1. The fourth-order valence-corrected chi connectivity index (χ4v) is 6.39. The number of aliphatic hydroxyl groups excluding tert-OH is 7. The standard InChI is InChI=1S/C39H75NO10/c1-3-5-7-9-11-12-13-14-15-16-17-18-19-20-21-23-25-27-32(43)38(48)40-30(34(44)31(42)26-24-22-10-8-6-4-2)29-49-39-37(47)36(46)35(45)33(28-41)50-39/h8,10,30-37,39,41-47H,3-7,9,11-29H2,1-2H3,(H,40,48)/b10-8+. The van der Waals surface area contributed by atoms with Crippen molar-refractivity contribution in [1.29, 1.82) is 0 Å². The van der Waals surface area contributed by atoms with Gasteiger partial charge in [-0.25, -0.2) is 0 Å². The van der Waals surface area contributed by atoms with E-state index in [9.17, 15) is 40.5 Å². The van der Waals surface area contributed by atoms with Gasteiger partial charge in [0.15, 0.2) is 6.29 Å². The zero-order valence-electron chi connectivity index (χ0n) is 31.4. The normalized spacial score (nSPS) is 23.6. The Kier molecular flexibility index (Phi) is 28.4. The van der Waals surface area contributed by atoms with Crippen LogP contribution in [0.25, 0.3) is 0 Å². The van der Waals surface area contributed by atoms with Crippen molar-refractivity contribution < 1.29 is 50.0 Å². The molecule has 1 aliphatic rings. The highest BCUT2D eigenvalue weighted by Gasteiger charge is 2.44. The van der Waals surface area contributed by atoms with Crippen LogP contribution in [-0.4, -0.2) is 110 Å². The molecule has 1 amide bonds. The second kappa shape index (κ2) is 30.3. The Labute approximate surface area is 302 Å². The van der Waals surface area contributed by atoms with Gasteiger partial charge in [-0.1, -0.05) is 142 Å². The minimum absolute atomic E-state index is 0.256. The van der Waals surface area contributed by atoms with Crippen molar-refractivity contribution in [3.63, 3.8) is 0 Å². The smallest absolute Gasteiger partial charge is 0.249 e. The largest absolute Gasteiger partial charge is 0.394 e. The molecule has 1 fully saturated rings. The van der Waals surface area contributed by atoms with Crippen LogP contribution in [-0.2, 0) is 14.3 Å². The molecule has 11 nitrogen and oxygen atoms in total. The molecule has 0 aromatic rings. The molecule has 8 N–H and O–H groups in total. The Balaban J connectivity index is 2.43. The Bertz CT molecular complexity index is 831. The van der Waals surface area contributed by atoms with Gasteiger partial charge in [-0.2, -0.15) is 0 Å². The SMILES string of the molecule is CCC/C=C/CCCC(O)C(O)C(COC1OC(CO)C(O)C(O)C1O)NC(=O)C(O)CCCCCCCCCCCCCCCCCCC. The predicted octanol–water partition coefficient (Wildman–Crippen LogP) is 4.94. The maximum Gasteiger partial charge on any atom is 0.249 e. The van der Waals surface area contributed by atoms with E-state index in [-0.39, 0.29) is 12.8 Å². The molecule has 1 saturated heterocycles. The first-order valence-electron chi connectivity index (χ1n) is 20.1. The Morgan fingerprint density at radius 2 is 1.20 bits per heavy atom. The molecule has 9 unspecified atom stereocenters. The monoisotopic (exact) mass is 718 g/mol. The van der Waals surface area contributed by atoms with Crippen molar-refractivity contribution in [2.75, 3.05) is 13.2 Å². The minimum atomic E-state index is -1.66.